The van der Waals surface area contributed by atoms with Crippen molar-refractivity contribution in [3.05, 3.63) is 48.6 Å². The van der Waals surface area contributed by atoms with E-state index < -0.39 is 0 Å². The number of benzene rings is 1. The molecule has 0 aliphatic carbocycles. The predicted octanol–water partition coefficient (Wildman–Crippen LogP) is 3.07. The Morgan fingerprint density at radius 2 is 1.92 bits per heavy atom. The minimum atomic E-state index is 0.313. The molecule has 0 N–H and O–H groups in total. The van der Waals surface area contributed by atoms with Gasteiger partial charge < -0.3 is 0 Å². The zero-order valence-corrected chi connectivity index (χ0v) is 8.20. The van der Waals surface area contributed by atoms with Crippen LogP contribution in [0.25, 0.3) is 0 Å². The maximum atomic E-state index is 4.46. The Balaban J connectivity index is 2.98. The minimum Gasteiger partial charge on any atom is -0.282 e. The molecule has 0 saturated carbocycles. The van der Waals surface area contributed by atoms with E-state index in [1.807, 2.05) is 30.3 Å². The van der Waals surface area contributed by atoms with Gasteiger partial charge in [-0.15, -0.1) is 0 Å². The first kappa shape index (κ1) is 9.72. The van der Waals surface area contributed by atoms with Crippen LogP contribution in [0.15, 0.2) is 48.0 Å². The molecule has 1 rings (SSSR count). The molecule has 0 fully saturated rings. The second-order valence-corrected chi connectivity index (χ2v) is 3.18. The van der Waals surface area contributed by atoms with Gasteiger partial charge in [0.1, 0.15) is 0 Å². The van der Waals surface area contributed by atoms with Crippen LogP contribution < -0.4 is 0 Å². The van der Waals surface area contributed by atoms with E-state index in [2.05, 4.69) is 25.4 Å². The second-order valence-electron chi connectivity index (χ2n) is 3.18. The quantitative estimate of drug-likeness (QED) is 0.623. The molecule has 0 aliphatic heterocycles. The lowest BCUT2D eigenvalue weighted by molar-refractivity contribution is 0.837. The highest BCUT2D eigenvalue weighted by molar-refractivity contribution is 6.08. The minimum absolute atomic E-state index is 0.313. The summed E-state index contributed by atoms with van der Waals surface area (Å²) in [7, 11) is 0. The molecule has 0 amide bonds. The fourth-order valence-corrected chi connectivity index (χ4v) is 1.13. The van der Waals surface area contributed by atoms with Crippen LogP contribution in [0.2, 0.25) is 0 Å². The van der Waals surface area contributed by atoms with Crippen molar-refractivity contribution in [3.8, 4) is 0 Å². The zero-order valence-electron chi connectivity index (χ0n) is 8.20. The van der Waals surface area contributed by atoms with Crippen LogP contribution in [0.4, 0.5) is 0 Å². The van der Waals surface area contributed by atoms with E-state index in [0.717, 1.165) is 11.3 Å². The van der Waals surface area contributed by atoms with Crippen molar-refractivity contribution in [3.63, 3.8) is 0 Å². The lowest BCUT2D eigenvalue weighted by Gasteiger charge is -2.03. The molecule has 1 nitrogen and oxygen atoms in total. The molecule has 0 radical (unpaired) electrons. The van der Waals surface area contributed by atoms with E-state index in [0.29, 0.717) is 6.04 Å². The van der Waals surface area contributed by atoms with Gasteiger partial charge in [0.15, 0.2) is 0 Å². The first-order chi connectivity index (χ1) is 6.24. The summed E-state index contributed by atoms with van der Waals surface area (Å²) >= 11 is 0. The van der Waals surface area contributed by atoms with Crippen molar-refractivity contribution < 1.29 is 0 Å². The average molecular weight is 173 g/mol. The molecule has 0 saturated heterocycles. The Bertz CT molecular complexity index is 296. The van der Waals surface area contributed by atoms with Gasteiger partial charge in [0.25, 0.3) is 0 Å². The van der Waals surface area contributed by atoms with Crippen molar-refractivity contribution in [2.45, 2.75) is 19.9 Å². The van der Waals surface area contributed by atoms with Crippen LogP contribution in [0.3, 0.4) is 0 Å². The van der Waals surface area contributed by atoms with E-state index in [9.17, 15) is 0 Å². The molecular weight excluding hydrogens is 158 g/mol. The topological polar surface area (TPSA) is 12.4 Å². The maximum absolute atomic E-state index is 4.46. The largest absolute Gasteiger partial charge is 0.282 e. The van der Waals surface area contributed by atoms with Crippen molar-refractivity contribution in [1.82, 2.24) is 0 Å². The smallest absolute Gasteiger partial charge is 0.0643 e. The Morgan fingerprint density at radius 3 is 2.38 bits per heavy atom. The molecule has 0 atom stereocenters. The van der Waals surface area contributed by atoms with Crippen molar-refractivity contribution in [1.29, 1.82) is 0 Å². The van der Waals surface area contributed by atoms with Crippen molar-refractivity contribution in [2.75, 3.05) is 0 Å². The first-order valence-corrected chi connectivity index (χ1v) is 4.49. The molecule has 0 aliphatic rings. The highest BCUT2D eigenvalue weighted by Crippen LogP contribution is 2.03. The van der Waals surface area contributed by atoms with E-state index in [-0.39, 0.29) is 0 Å². The van der Waals surface area contributed by atoms with Crippen molar-refractivity contribution in [2.24, 2.45) is 4.99 Å². The van der Waals surface area contributed by atoms with E-state index in [4.69, 9.17) is 0 Å². The molecule has 1 aromatic carbocycles. The molecule has 1 heteroatoms. The summed E-state index contributed by atoms with van der Waals surface area (Å²) < 4.78 is 0. The number of allylic oxidation sites excluding steroid dienone is 1. The zero-order chi connectivity index (χ0) is 9.68. The summed E-state index contributed by atoms with van der Waals surface area (Å²) in [6, 6.07) is 10.4. The van der Waals surface area contributed by atoms with Gasteiger partial charge in [-0.2, -0.15) is 0 Å². The molecular formula is C12H15N. The summed E-state index contributed by atoms with van der Waals surface area (Å²) in [4.78, 5) is 4.46. The molecule has 1 aromatic rings. The lowest BCUT2D eigenvalue weighted by Crippen LogP contribution is -2.00. The van der Waals surface area contributed by atoms with Crippen LogP contribution in [-0.4, -0.2) is 11.8 Å². The number of rotatable bonds is 3. The highest BCUT2D eigenvalue weighted by Gasteiger charge is 1.97. The molecule has 0 heterocycles. The molecule has 13 heavy (non-hydrogen) atoms. The fourth-order valence-electron chi connectivity index (χ4n) is 1.13. The summed E-state index contributed by atoms with van der Waals surface area (Å²) in [5.41, 5.74) is 2.10. The van der Waals surface area contributed by atoms with E-state index in [1.54, 1.807) is 6.08 Å². The van der Waals surface area contributed by atoms with Crippen molar-refractivity contribution >= 4 is 5.71 Å². The van der Waals surface area contributed by atoms with Crippen LogP contribution in [-0.2, 0) is 0 Å². The van der Waals surface area contributed by atoms with Crippen LogP contribution in [0.5, 0.6) is 0 Å². The molecule has 0 aromatic heterocycles. The number of hydrogen-bond acceptors (Lipinski definition) is 1. The third-order valence-corrected chi connectivity index (χ3v) is 1.66. The number of aliphatic imine (C=N–C) groups is 1. The Labute approximate surface area is 79.8 Å². The van der Waals surface area contributed by atoms with E-state index >= 15 is 0 Å². The van der Waals surface area contributed by atoms with Gasteiger partial charge in [-0.05, 0) is 25.5 Å². The van der Waals surface area contributed by atoms with E-state index in [1.165, 1.54) is 0 Å². The molecule has 0 bridgehead atoms. The molecule has 0 unspecified atom stereocenters. The average Bonchev–Trinajstić information content (AvgIpc) is 2.15. The van der Waals surface area contributed by atoms with Gasteiger partial charge in [0.05, 0.1) is 5.71 Å². The third-order valence-electron chi connectivity index (χ3n) is 1.66. The summed E-state index contributed by atoms with van der Waals surface area (Å²) in [5, 5.41) is 0. The van der Waals surface area contributed by atoms with Crippen LogP contribution >= 0.6 is 0 Å². The van der Waals surface area contributed by atoms with Gasteiger partial charge in [-0.25, -0.2) is 0 Å². The number of nitrogens with zero attached hydrogens (tertiary/aromatic N) is 1. The predicted molar refractivity (Wildman–Crippen MR) is 58.3 cm³/mol. The molecule has 68 valence electrons. The molecule has 0 spiro atoms. The number of hydrogen-bond donors (Lipinski definition) is 0. The first-order valence-electron chi connectivity index (χ1n) is 4.49. The SMILES string of the molecule is C=C/C(=N\C(C)C)c1ccccc1. The second kappa shape index (κ2) is 4.61. The van der Waals surface area contributed by atoms with Gasteiger partial charge >= 0.3 is 0 Å². The third kappa shape index (κ3) is 2.86. The summed E-state index contributed by atoms with van der Waals surface area (Å²) in [5.74, 6) is 0. The summed E-state index contributed by atoms with van der Waals surface area (Å²) in [6.07, 6.45) is 1.80. The fraction of sp³-hybridized carbons (Fsp3) is 0.250. The van der Waals surface area contributed by atoms with Gasteiger partial charge in [0.2, 0.25) is 0 Å². The standard InChI is InChI=1S/C12H15N/c1-4-12(13-10(2)3)11-8-6-5-7-9-11/h4-10H,1H2,2-3H3/b13-12+. The van der Waals surface area contributed by atoms with Crippen LogP contribution in [0, 0.1) is 0 Å². The van der Waals surface area contributed by atoms with Crippen LogP contribution in [0.1, 0.15) is 19.4 Å². The normalized spacial score (nSPS) is 11.8. The highest BCUT2D eigenvalue weighted by atomic mass is 14.8. The summed E-state index contributed by atoms with van der Waals surface area (Å²) in [6.45, 7) is 7.88. The Hall–Kier alpha value is -1.37. The van der Waals surface area contributed by atoms with Gasteiger partial charge in [0, 0.05) is 6.04 Å². The Morgan fingerprint density at radius 1 is 1.31 bits per heavy atom. The van der Waals surface area contributed by atoms with Gasteiger partial charge in [-0.3, -0.25) is 4.99 Å². The monoisotopic (exact) mass is 173 g/mol. The maximum Gasteiger partial charge on any atom is 0.0643 e. The van der Waals surface area contributed by atoms with Gasteiger partial charge in [-0.1, -0.05) is 36.9 Å². The Kier molecular flexibility index (Phi) is 3.44. The lowest BCUT2D eigenvalue weighted by atomic mass is 10.1.